The molecule has 2 N–H and O–H groups in total. The Morgan fingerprint density at radius 1 is 1.14 bits per heavy atom. The Kier molecular flexibility index (Phi) is 4.76. The Bertz CT molecular complexity index is 642. The number of methoxy groups -OCH3 is 2. The number of benzene rings is 1. The van der Waals surface area contributed by atoms with E-state index in [1.807, 2.05) is 28.9 Å². The molecule has 1 aromatic carbocycles. The molecule has 0 spiro atoms. The van der Waals surface area contributed by atoms with Crippen molar-refractivity contribution >= 4 is 0 Å². The number of nitrogens with two attached hydrogens (primary N) is 1. The highest BCUT2D eigenvalue weighted by molar-refractivity contribution is 5.51. The predicted molar refractivity (Wildman–Crippen MR) is 88.1 cm³/mol. The summed E-state index contributed by atoms with van der Waals surface area (Å²) in [6.07, 6.45) is 0.727. The Labute approximate surface area is 132 Å². The molecule has 0 saturated carbocycles. The highest BCUT2D eigenvalue weighted by Crippen LogP contribution is 2.35. The predicted octanol–water partition coefficient (Wildman–Crippen LogP) is 2.69. The summed E-state index contributed by atoms with van der Waals surface area (Å²) < 4.78 is 12.9. The quantitative estimate of drug-likeness (QED) is 0.922. The van der Waals surface area contributed by atoms with Gasteiger partial charge in [0.15, 0.2) is 0 Å². The number of aromatic nitrogens is 2. The van der Waals surface area contributed by atoms with Crippen molar-refractivity contribution in [2.45, 2.75) is 32.6 Å². The molecule has 120 valence electrons. The van der Waals surface area contributed by atoms with Gasteiger partial charge in [-0.1, -0.05) is 32.9 Å². The fourth-order valence-corrected chi connectivity index (χ4v) is 2.58. The van der Waals surface area contributed by atoms with Crippen molar-refractivity contribution in [2.75, 3.05) is 20.8 Å². The van der Waals surface area contributed by atoms with Crippen LogP contribution in [0.15, 0.2) is 24.3 Å². The minimum atomic E-state index is -0.0922. The van der Waals surface area contributed by atoms with Crippen LogP contribution in [-0.2, 0) is 11.8 Å². The molecule has 1 aromatic heterocycles. The van der Waals surface area contributed by atoms with E-state index < -0.39 is 0 Å². The van der Waals surface area contributed by atoms with Crippen molar-refractivity contribution < 1.29 is 9.47 Å². The van der Waals surface area contributed by atoms with E-state index in [-0.39, 0.29) is 5.41 Å². The van der Waals surface area contributed by atoms with Gasteiger partial charge in [0.05, 0.1) is 19.9 Å². The summed E-state index contributed by atoms with van der Waals surface area (Å²) in [6, 6.07) is 7.77. The molecule has 0 amide bonds. The molecule has 0 saturated heterocycles. The van der Waals surface area contributed by atoms with Gasteiger partial charge in [-0.25, -0.2) is 0 Å². The lowest BCUT2D eigenvalue weighted by Crippen LogP contribution is -2.16. The van der Waals surface area contributed by atoms with E-state index in [0.717, 1.165) is 35.0 Å². The number of rotatable bonds is 5. The molecule has 1 heterocycles. The molecular formula is C17H25N3O2. The lowest BCUT2D eigenvalue weighted by molar-refractivity contribution is 0.373. The average molecular weight is 303 g/mol. The van der Waals surface area contributed by atoms with Crippen molar-refractivity contribution in [1.82, 2.24) is 9.78 Å². The van der Waals surface area contributed by atoms with Crippen LogP contribution in [0.5, 0.6) is 11.6 Å². The van der Waals surface area contributed by atoms with Gasteiger partial charge >= 0.3 is 0 Å². The number of para-hydroxylation sites is 2. The second-order valence-electron chi connectivity index (χ2n) is 6.21. The van der Waals surface area contributed by atoms with Crippen LogP contribution in [0.3, 0.4) is 0 Å². The molecule has 0 atom stereocenters. The van der Waals surface area contributed by atoms with Crippen molar-refractivity contribution in [3.8, 4) is 17.3 Å². The summed E-state index contributed by atoms with van der Waals surface area (Å²) in [4.78, 5) is 0. The first-order chi connectivity index (χ1) is 10.4. The van der Waals surface area contributed by atoms with Gasteiger partial charge in [-0.05, 0) is 25.1 Å². The number of nitrogens with zero attached hydrogens (tertiary/aromatic N) is 2. The van der Waals surface area contributed by atoms with Crippen molar-refractivity contribution in [3.63, 3.8) is 0 Å². The molecule has 0 aliphatic carbocycles. The van der Waals surface area contributed by atoms with Crippen LogP contribution in [0.4, 0.5) is 0 Å². The number of ether oxygens (including phenoxy) is 2. The SMILES string of the molecule is COc1ccccc1-n1nc(C(C)(C)C)c(CCN)c1OC. The summed E-state index contributed by atoms with van der Waals surface area (Å²) in [7, 11) is 3.32. The third kappa shape index (κ3) is 2.95. The van der Waals surface area contributed by atoms with E-state index in [4.69, 9.17) is 20.3 Å². The number of hydrogen-bond acceptors (Lipinski definition) is 4. The Morgan fingerprint density at radius 2 is 1.82 bits per heavy atom. The molecule has 0 aliphatic heterocycles. The topological polar surface area (TPSA) is 62.3 Å². The fraction of sp³-hybridized carbons (Fsp3) is 0.471. The molecule has 0 aliphatic rings. The molecular weight excluding hydrogens is 278 g/mol. The maximum atomic E-state index is 5.78. The highest BCUT2D eigenvalue weighted by Gasteiger charge is 2.28. The zero-order valence-corrected chi connectivity index (χ0v) is 14.0. The second-order valence-corrected chi connectivity index (χ2v) is 6.21. The van der Waals surface area contributed by atoms with Gasteiger partial charge in [0, 0.05) is 11.0 Å². The molecule has 0 bridgehead atoms. The van der Waals surface area contributed by atoms with E-state index in [1.54, 1.807) is 14.2 Å². The van der Waals surface area contributed by atoms with Crippen LogP contribution >= 0.6 is 0 Å². The minimum absolute atomic E-state index is 0.0922. The molecule has 0 fully saturated rings. The largest absolute Gasteiger partial charge is 0.494 e. The monoisotopic (exact) mass is 303 g/mol. The van der Waals surface area contributed by atoms with Gasteiger partial charge in [-0.2, -0.15) is 9.78 Å². The first kappa shape index (κ1) is 16.4. The van der Waals surface area contributed by atoms with E-state index in [9.17, 15) is 0 Å². The molecule has 2 aromatic rings. The Morgan fingerprint density at radius 3 is 2.36 bits per heavy atom. The van der Waals surface area contributed by atoms with Gasteiger partial charge in [0.2, 0.25) is 5.88 Å². The summed E-state index contributed by atoms with van der Waals surface area (Å²) >= 11 is 0. The number of hydrogen-bond donors (Lipinski definition) is 1. The van der Waals surface area contributed by atoms with Crippen LogP contribution in [0.1, 0.15) is 32.0 Å². The standard InChI is InChI=1S/C17H25N3O2/c1-17(2,3)15-12(10-11-18)16(22-5)20(19-15)13-8-6-7-9-14(13)21-4/h6-9H,10-11,18H2,1-5H3. The molecule has 5 heteroatoms. The fourth-order valence-electron chi connectivity index (χ4n) is 2.58. The van der Waals surface area contributed by atoms with E-state index in [2.05, 4.69) is 20.8 Å². The van der Waals surface area contributed by atoms with Gasteiger partial charge in [-0.3, -0.25) is 0 Å². The van der Waals surface area contributed by atoms with Crippen LogP contribution in [0.2, 0.25) is 0 Å². The summed E-state index contributed by atoms with van der Waals surface area (Å²) in [5.41, 5.74) is 8.61. The maximum Gasteiger partial charge on any atom is 0.220 e. The summed E-state index contributed by atoms with van der Waals surface area (Å²) in [6.45, 7) is 6.97. The highest BCUT2D eigenvalue weighted by atomic mass is 16.5. The average Bonchev–Trinajstić information content (AvgIpc) is 2.86. The minimum Gasteiger partial charge on any atom is -0.494 e. The Balaban J connectivity index is 2.71. The lowest BCUT2D eigenvalue weighted by atomic mass is 9.88. The van der Waals surface area contributed by atoms with Crippen molar-refractivity contribution in [1.29, 1.82) is 0 Å². The van der Waals surface area contributed by atoms with E-state index in [0.29, 0.717) is 6.54 Å². The van der Waals surface area contributed by atoms with Crippen LogP contribution < -0.4 is 15.2 Å². The molecule has 0 radical (unpaired) electrons. The summed E-state index contributed by atoms with van der Waals surface area (Å²) in [5.74, 6) is 1.47. The van der Waals surface area contributed by atoms with Crippen LogP contribution in [0.25, 0.3) is 5.69 Å². The smallest absolute Gasteiger partial charge is 0.220 e. The van der Waals surface area contributed by atoms with Gasteiger partial charge in [-0.15, -0.1) is 0 Å². The van der Waals surface area contributed by atoms with Gasteiger partial charge in [0.25, 0.3) is 0 Å². The summed E-state index contributed by atoms with van der Waals surface area (Å²) in [5, 5.41) is 4.81. The molecule has 0 unspecified atom stereocenters. The zero-order valence-electron chi connectivity index (χ0n) is 14.0. The van der Waals surface area contributed by atoms with Crippen LogP contribution in [0, 0.1) is 0 Å². The third-order valence-corrected chi connectivity index (χ3v) is 3.55. The first-order valence-electron chi connectivity index (χ1n) is 7.43. The zero-order chi connectivity index (χ0) is 16.3. The normalized spacial score (nSPS) is 11.5. The first-order valence-corrected chi connectivity index (χ1v) is 7.43. The van der Waals surface area contributed by atoms with Gasteiger partial charge in [0.1, 0.15) is 11.4 Å². The van der Waals surface area contributed by atoms with Crippen molar-refractivity contribution in [2.24, 2.45) is 5.73 Å². The molecule has 22 heavy (non-hydrogen) atoms. The second kappa shape index (κ2) is 6.40. The molecule has 5 nitrogen and oxygen atoms in total. The molecule has 2 rings (SSSR count). The van der Waals surface area contributed by atoms with E-state index >= 15 is 0 Å². The third-order valence-electron chi connectivity index (χ3n) is 3.55. The lowest BCUT2D eigenvalue weighted by Gasteiger charge is -2.17. The van der Waals surface area contributed by atoms with Crippen LogP contribution in [-0.4, -0.2) is 30.5 Å². The van der Waals surface area contributed by atoms with E-state index in [1.165, 1.54) is 0 Å². The maximum absolute atomic E-state index is 5.78. The Hall–Kier alpha value is -2.01. The van der Waals surface area contributed by atoms with Gasteiger partial charge < -0.3 is 15.2 Å². The van der Waals surface area contributed by atoms with Crippen molar-refractivity contribution in [3.05, 3.63) is 35.5 Å².